The van der Waals surface area contributed by atoms with Crippen LogP contribution in [-0.2, 0) is 4.79 Å². The number of amides is 1. The molecule has 1 amide bonds. The van der Waals surface area contributed by atoms with Crippen LogP contribution in [0, 0.1) is 12.8 Å². The molecule has 0 saturated carbocycles. The van der Waals surface area contributed by atoms with Crippen LogP contribution in [0.2, 0.25) is 5.02 Å². The summed E-state index contributed by atoms with van der Waals surface area (Å²) in [7, 11) is 1.86. The number of rotatable bonds is 0. The Kier molecular flexibility index (Phi) is 2.83. The summed E-state index contributed by atoms with van der Waals surface area (Å²) in [5, 5.41) is 4.05. The number of piperidine rings is 1. The van der Waals surface area contributed by atoms with Crippen molar-refractivity contribution in [1.82, 2.24) is 5.32 Å². The third-order valence-corrected chi connectivity index (χ3v) is 4.67. The highest BCUT2D eigenvalue weighted by Gasteiger charge is 2.40. The van der Waals surface area contributed by atoms with Crippen molar-refractivity contribution in [3.63, 3.8) is 0 Å². The van der Waals surface area contributed by atoms with Crippen molar-refractivity contribution in [3.8, 4) is 0 Å². The highest BCUT2D eigenvalue weighted by atomic mass is 35.5. The van der Waals surface area contributed by atoms with Gasteiger partial charge in [-0.05, 0) is 43.0 Å². The molecule has 1 aromatic rings. The maximum absolute atomic E-state index is 12.4. The Morgan fingerprint density at radius 1 is 1.39 bits per heavy atom. The first kappa shape index (κ1) is 12.0. The average molecular weight is 265 g/mol. The van der Waals surface area contributed by atoms with Crippen LogP contribution in [0.3, 0.4) is 0 Å². The molecule has 2 heterocycles. The summed E-state index contributed by atoms with van der Waals surface area (Å²) in [4.78, 5) is 14.2. The van der Waals surface area contributed by atoms with Gasteiger partial charge >= 0.3 is 0 Å². The van der Waals surface area contributed by atoms with Gasteiger partial charge in [0.05, 0.1) is 11.6 Å². The fourth-order valence-corrected chi connectivity index (χ4v) is 3.44. The van der Waals surface area contributed by atoms with E-state index in [4.69, 9.17) is 11.6 Å². The van der Waals surface area contributed by atoms with Gasteiger partial charge in [0.2, 0.25) is 5.91 Å². The number of carbonyl (C=O) groups excluding carboxylic acids is 1. The minimum atomic E-state index is 0.0804. The summed E-state index contributed by atoms with van der Waals surface area (Å²) in [6.45, 7) is 3.76. The van der Waals surface area contributed by atoms with E-state index in [2.05, 4.69) is 11.4 Å². The van der Waals surface area contributed by atoms with Gasteiger partial charge in [0.25, 0.3) is 0 Å². The zero-order valence-electron chi connectivity index (χ0n) is 10.7. The van der Waals surface area contributed by atoms with Crippen LogP contribution in [0.25, 0.3) is 0 Å². The summed E-state index contributed by atoms with van der Waals surface area (Å²) in [6, 6.07) is 4.05. The standard InChI is InChI=1S/C14H17ClN2O/c1-8-12(15)4-3-10-9-5-6-16-7-11(9)14(18)17(2)13(8)10/h3-4,9,11,16H,5-7H2,1-2H3. The van der Waals surface area contributed by atoms with E-state index in [9.17, 15) is 4.79 Å². The molecule has 2 unspecified atom stereocenters. The summed E-state index contributed by atoms with van der Waals surface area (Å²) in [5.74, 6) is 0.641. The van der Waals surface area contributed by atoms with Crippen LogP contribution in [0.15, 0.2) is 12.1 Å². The van der Waals surface area contributed by atoms with Gasteiger partial charge in [0, 0.05) is 18.6 Å². The number of nitrogens with zero attached hydrogens (tertiary/aromatic N) is 1. The van der Waals surface area contributed by atoms with E-state index in [-0.39, 0.29) is 11.8 Å². The Hall–Kier alpha value is -1.06. The minimum absolute atomic E-state index is 0.0804. The SMILES string of the molecule is Cc1c(Cl)ccc2c1N(C)C(=O)C1CNCCC21. The van der Waals surface area contributed by atoms with Crippen molar-refractivity contribution in [2.24, 2.45) is 5.92 Å². The molecule has 0 spiro atoms. The molecule has 1 fully saturated rings. The molecule has 3 nitrogen and oxygen atoms in total. The lowest BCUT2D eigenvalue weighted by atomic mass is 9.76. The third kappa shape index (κ3) is 1.57. The second-order valence-corrected chi connectivity index (χ2v) is 5.62. The number of hydrogen-bond donors (Lipinski definition) is 1. The first-order chi connectivity index (χ1) is 8.61. The Morgan fingerprint density at radius 3 is 2.94 bits per heavy atom. The minimum Gasteiger partial charge on any atom is -0.316 e. The Bertz CT molecular complexity index is 515. The molecule has 0 aliphatic carbocycles. The summed E-state index contributed by atoms with van der Waals surface area (Å²) < 4.78 is 0. The molecule has 1 saturated heterocycles. The number of carbonyl (C=O) groups is 1. The van der Waals surface area contributed by atoms with Crippen molar-refractivity contribution in [3.05, 3.63) is 28.3 Å². The van der Waals surface area contributed by atoms with E-state index in [0.29, 0.717) is 5.92 Å². The lowest BCUT2D eigenvalue weighted by molar-refractivity contribution is -0.123. The lowest BCUT2D eigenvalue weighted by Gasteiger charge is -2.41. The molecule has 1 aromatic carbocycles. The number of nitrogens with one attached hydrogen (secondary N) is 1. The van der Waals surface area contributed by atoms with Crippen molar-refractivity contribution in [2.45, 2.75) is 19.3 Å². The van der Waals surface area contributed by atoms with Gasteiger partial charge in [-0.3, -0.25) is 4.79 Å². The first-order valence-electron chi connectivity index (χ1n) is 6.38. The van der Waals surface area contributed by atoms with Crippen LogP contribution < -0.4 is 10.2 Å². The molecule has 96 valence electrons. The number of fused-ring (bicyclic) bond motifs is 3. The van der Waals surface area contributed by atoms with Crippen molar-refractivity contribution in [2.75, 3.05) is 25.0 Å². The third-order valence-electron chi connectivity index (χ3n) is 4.26. The number of hydrogen-bond acceptors (Lipinski definition) is 2. The first-order valence-corrected chi connectivity index (χ1v) is 6.76. The van der Waals surface area contributed by atoms with Crippen molar-refractivity contribution in [1.29, 1.82) is 0 Å². The lowest BCUT2D eigenvalue weighted by Crippen LogP contribution is -2.49. The van der Waals surface area contributed by atoms with Crippen LogP contribution in [0.4, 0.5) is 5.69 Å². The Balaban J connectivity index is 2.18. The summed E-state index contributed by atoms with van der Waals surface area (Å²) in [6.07, 6.45) is 1.03. The van der Waals surface area contributed by atoms with Gasteiger partial charge in [-0.25, -0.2) is 0 Å². The zero-order chi connectivity index (χ0) is 12.9. The molecule has 2 atom stereocenters. The highest BCUT2D eigenvalue weighted by molar-refractivity contribution is 6.32. The molecule has 1 N–H and O–H groups in total. The topological polar surface area (TPSA) is 32.3 Å². The maximum atomic E-state index is 12.4. The van der Waals surface area contributed by atoms with E-state index in [0.717, 1.165) is 35.8 Å². The second-order valence-electron chi connectivity index (χ2n) is 5.21. The normalized spacial score (nSPS) is 26.8. The average Bonchev–Trinajstić information content (AvgIpc) is 2.39. The molecular formula is C14H17ClN2O. The fourth-order valence-electron chi connectivity index (χ4n) is 3.29. The fraction of sp³-hybridized carbons (Fsp3) is 0.500. The van der Waals surface area contributed by atoms with Crippen LogP contribution in [0.5, 0.6) is 0 Å². The highest BCUT2D eigenvalue weighted by Crippen LogP contribution is 2.44. The van der Waals surface area contributed by atoms with E-state index in [1.54, 1.807) is 4.90 Å². The van der Waals surface area contributed by atoms with E-state index in [1.165, 1.54) is 5.56 Å². The smallest absolute Gasteiger partial charge is 0.231 e. The van der Waals surface area contributed by atoms with Gasteiger partial charge in [0.1, 0.15) is 0 Å². The van der Waals surface area contributed by atoms with E-state index < -0.39 is 0 Å². The number of anilines is 1. The predicted molar refractivity (Wildman–Crippen MR) is 73.3 cm³/mol. The molecule has 0 bridgehead atoms. The van der Waals surface area contributed by atoms with Gasteiger partial charge in [0.15, 0.2) is 0 Å². The monoisotopic (exact) mass is 264 g/mol. The molecular weight excluding hydrogens is 248 g/mol. The predicted octanol–water partition coefficient (Wildman–Crippen LogP) is 2.32. The van der Waals surface area contributed by atoms with E-state index in [1.807, 2.05) is 20.0 Å². The molecule has 3 rings (SSSR count). The quantitative estimate of drug-likeness (QED) is 0.780. The molecule has 18 heavy (non-hydrogen) atoms. The van der Waals surface area contributed by atoms with Gasteiger partial charge < -0.3 is 10.2 Å². The van der Waals surface area contributed by atoms with Crippen LogP contribution in [0.1, 0.15) is 23.5 Å². The zero-order valence-corrected chi connectivity index (χ0v) is 11.4. The Labute approximate surface area is 112 Å². The summed E-state index contributed by atoms with van der Waals surface area (Å²) in [5.41, 5.74) is 3.32. The molecule has 0 aromatic heterocycles. The molecule has 0 radical (unpaired) electrons. The number of benzene rings is 1. The molecule has 2 aliphatic heterocycles. The second kappa shape index (κ2) is 4.25. The van der Waals surface area contributed by atoms with Gasteiger partial charge in [-0.15, -0.1) is 0 Å². The Morgan fingerprint density at radius 2 is 2.17 bits per heavy atom. The van der Waals surface area contributed by atoms with Crippen molar-refractivity contribution < 1.29 is 4.79 Å². The molecule has 2 aliphatic rings. The van der Waals surface area contributed by atoms with Crippen molar-refractivity contribution >= 4 is 23.2 Å². The molecule has 4 heteroatoms. The number of halogens is 1. The van der Waals surface area contributed by atoms with Crippen LogP contribution in [-0.4, -0.2) is 26.0 Å². The summed E-state index contributed by atoms with van der Waals surface area (Å²) >= 11 is 6.18. The van der Waals surface area contributed by atoms with Crippen LogP contribution >= 0.6 is 11.6 Å². The largest absolute Gasteiger partial charge is 0.316 e. The van der Waals surface area contributed by atoms with Gasteiger partial charge in [-0.2, -0.15) is 0 Å². The maximum Gasteiger partial charge on any atom is 0.231 e. The van der Waals surface area contributed by atoms with E-state index >= 15 is 0 Å². The van der Waals surface area contributed by atoms with Gasteiger partial charge in [-0.1, -0.05) is 17.7 Å².